The second-order valence-corrected chi connectivity index (χ2v) is 4.46. The molecule has 4 heteroatoms. The Kier molecular flexibility index (Phi) is 2.74. The first-order chi connectivity index (χ1) is 7.24. The van der Waals surface area contributed by atoms with E-state index in [1.807, 2.05) is 19.4 Å². The van der Waals surface area contributed by atoms with Crippen LogP contribution in [-0.2, 0) is 13.6 Å². The van der Waals surface area contributed by atoms with Crippen molar-refractivity contribution < 1.29 is 0 Å². The second-order valence-electron chi connectivity index (χ2n) is 4.46. The molecule has 0 spiro atoms. The van der Waals surface area contributed by atoms with Crippen LogP contribution in [-0.4, -0.2) is 16.3 Å². The van der Waals surface area contributed by atoms with Crippen LogP contribution in [0.2, 0.25) is 0 Å². The molecule has 1 N–H and O–H groups in total. The lowest BCUT2D eigenvalue weighted by Gasteiger charge is -2.11. The first-order valence-electron chi connectivity index (χ1n) is 5.29. The van der Waals surface area contributed by atoms with Gasteiger partial charge in [0.25, 0.3) is 0 Å². The van der Waals surface area contributed by atoms with Crippen LogP contribution < -0.4 is 5.32 Å². The number of aromatic nitrogens is 2. The predicted molar refractivity (Wildman–Crippen MR) is 56.8 cm³/mol. The van der Waals surface area contributed by atoms with Gasteiger partial charge in [-0.1, -0.05) is 0 Å². The maximum atomic E-state index is 8.67. The van der Waals surface area contributed by atoms with Crippen molar-refractivity contribution in [1.82, 2.24) is 15.1 Å². The Morgan fingerprint density at radius 1 is 1.67 bits per heavy atom. The lowest BCUT2D eigenvalue weighted by molar-refractivity contribution is 0.466. The van der Waals surface area contributed by atoms with Gasteiger partial charge in [0.15, 0.2) is 0 Å². The van der Waals surface area contributed by atoms with Crippen LogP contribution in [0.1, 0.15) is 24.8 Å². The van der Waals surface area contributed by atoms with Gasteiger partial charge in [-0.15, -0.1) is 0 Å². The molecule has 2 rings (SSSR count). The fraction of sp³-hybridized carbons (Fsp3) is 0.636. The van der Waals surface area contributed by atoms with Crippen LogP contribution in [0, 0.1) is 16.7 Å². The molecule has 0 unspecified atom stereocenters. The van der Waals surface area contributed by atoms with Crippen molar-refractivity contribution in [3.05, 3.63) is 18.0 Å². The van der Waals surface area contributed by atoms with Crippen molar-refractivity contribution >= 4 is 0 Å². The number of hydrogen-bond donors (Lipinski definition) is 1. The molecule has 1 aromatic heterocycles. The Morgan fingerprint density at radius 3 is 3.00 bits per heavy atom. The van der Waals surface area contributed by atoms with Gasteiger partial charge in [0.05, 0.1) is 12.3 Å². The fourth-order valence-corrected chi connectivity index (χ4v) is 1.80. The van der Waals surface area contributed by atoms with Crippen molar-refractivity contribution in [2.45, 2.75) is 25.8 Å². The number of rotatable bonds is 5. The summed E-state index contributed by atoms with van der Waals surface area (Å²) in [5.41, 5.74) is 1.49. The molecule has 1 aromatic rings. The highest BCUT2D eigenvalue weighted by atomic mass is 15.2. The summed E-state index contributed by atoms with van der Waals surface area (Å²) in [6, 6.07) is 2.27. The number of hydrogen-bond acceptors (Lipinski definition) is 3. The summed E-state index contributed by atoms with van der Waals surface area (Å²) in [6.45, 7) is 1.80. The molecule has 0 amide bonds. The van der Waals surface area contributed by atoms with Crippen molar-refractivity contribution in [1.29, 1.82) is 5.26 Å². The lowest BCUT2D eigenvalue weighted by Crippen LogP contribution is -2.23. The SMILES string of the molecule is Cn1cc(CNCC2(CC#N)CC2)cn1. The van der Waals surface area contributed by atoms with Gasteiger partial charge in [-0.3, -0.25) is 4.68 Å². The van der Waals surface area contributed by atoms with E-state index in [1.165, 1.54) is 18.4 Å². The average molecular weight is 204 g/mol. The topological polar surface area (TPSA) is 53.6 Å². The van der Waals surface area contributed by atoms with Gasteiger partial charge < -0.3 is 5.32 Å². The van der Waals surface area contributed by atoms with Gasteiger partial charge in [0.1, 0.15) is 0 Å². The zero-order valence-corrected chi connectivity index (χ0v) is 9.03. The molecule has 1 aliphatic carbocycles. The number of nitrogens with one attached hydrogen (secondary N) is 1. The van der Waals surface area contributed by atoms with Crippen molar-refractivity contribution in [2.24, 2.45) is 12.5 Å². The van der Waals surface area contributed by atoms with Crippen molar-refractivity contribution in [3.8, 4) is 6.07 Å². The van der Waals surface area contributed by atoms with Gasteiger partial charge in [0.2, 0.25) is 0 Å². The summed E-state index contributed by atoms with van der Waals surface area (Å²) in [6.07, 6.45) is 6.96. The van der Waals surface area contributed by atoms with E-state index in [0.717, 1.165) is 13.1 Å². The molecule has 1 heterocycles. The molecule has 0 aromatic carbocycles. The number of nitriles is 1. The molecule has 1 aliphatic rings. The summed E-state index contributed by atoms with van der Waals surface area (Å²) in [5.74, 6) is 0. The minimum Gasteiger partial charge on any atom is -0.312 e. The number of nitrogens with zero attached hydrogens (tertiary/aromatic N) is 3. The highest BCUT2D eigenvalue weighted by Gasteiger charge is 2.41. The zero-order chi connectivity index (χ0) is 10.7. The minimum absolute atomic E-state index is 0.289. The zero-order valence-electron chi connectivity index (χ0n) is 9.03. The van der Waals surface area contributed by atoms with E-state index in [4.69, 9.17) is 5.26 Å². The van der Waals surface area contributed by atoms with Crippen molar-refractivity contribution in [3.63, 3.8) is 0 Å². The predicted octanol–water partition coefficient (Wildman–Crippen LogP) is 1.20. The largest absolute Gasteiger partial charge is 0.312 e. The molecule has 1 saturated carbocycles. The summed E-state index contributed by atoms with van der Waals surface area (Å²) in [7, 11) is 1.92. The molecule has 1 fully saturated rings. The van der Waals surface area contributed by atoms with Crippen LogP contribution in [0.25, 0.3) is 0 Å². The van der Waals surface area contributed by atoms with Crippen molar-refractivity contribution in [2.75, 3.05) is 6.54 Å². The third-order valence-corrected chi connectivity index (χ3v) is 3.00. The third-order valence-electron chi connectivity index (χ3n) is 3.00. The molecule has 4 nitrogen and oxygen atoms in total. The maximum Gasteiger partial charge on any atom is 0.0628 e. The molecule has 15 heavy (non-hydrogen) atoms. The summed E-state index contributed by atoms with van der Waals surface area (Å²) < 4.78 is 1.80. The van der Waals surface area contributed by atoms with Gasteiger partial charge in [0, 0.05) is 38.3 Å². The maximum absolute atomic E-state index is 8.67. The third kappa shape index (κ3) is 2.57. The first-order valence-corrected chi connectivity index (χ1v) is 5.29. The minimum atomic E-state index is 0.289. The van der Waals surface area contributed by atoms with Crippen LogP contribution >= 0.6 is 0 Å². The molecular formula is C11H16N4. The monoisotopic (exact) mass is 204 g/mol. The first kappa shape index (κ1) is 10.2. The molecule has 0 radical (unpaired) electrons. The molecule has 80 valence electrons. The smallest absolute Gasteiger partial charge is 0.0628 e. The van der Waals surface area contributed by atoms with E-state index in [0.29, 0.717) is 6.42 Å². The second kappa shape index (κ2) is 4.03. The summed E-state index contributed by atoms with van der Waals surface area (Å²) >= 11 is 0. The Hall–Kier alpha value is -1.34. The Labute approximate surface area is 89.9 Å². The Balaban J connectivity index is 1.74. The van der Waals surface area contributed by atoms with Crippen LogP contribution in [0.5, 0.6) is 0 Å². The molecule has 0 aliphatic heterocycles. The molecule has 0 saturated heterocycles. The summed E-state index contributed by atoms with van der Waals surface area (Å²) in [4.78, 5) is 0. The lowest BCUT2D eigenvalue weighted by atomic mass is 10.0. The van der Waals surface area contributed by atoms with Gasteiger partial charge >= 0.3 is 0 Å². The van der Waals surface area contributed by atoms with E-state index < -0.39 is 0 Å². The van der Waals surface area contributed by atoms with E-state index in [1.54, 1.807) is 4.68 Å². The fourth-order valence-electron chi connectivity index (χ4n) is 1.80. The van der Waals surface area contributed by atoms with E-state index in [9.17, 15) is 0 Å². The van der Waals surface area contributed by atoms with E-state index in [-0.39, 0.29) is 5.41 Å². The van der Waals surface area contributed by atoms with E-state index >= 15 is 0 Å². The number of aryl methyl sites for hydroxylation is 1. The summed E-state index contributed by atoms with van der Waals surface area (Å²) in [5, 5.41) is 16.2. The highest BCUT2D eigenvalue weighted by molar-refractivity contribution is 5.05. The molecule has 0 atom stereocenters. The van der Waals surface area contributed by atoms with Gasteiger partial charge in [-0.05, 0) is 18.3 Å². The van der Waals surface area contributed by atoms with Crippen LogP contribution in [0.4, 0.5) is 0 Å². The van der Waals surface area contributed by atoms with Crippen LogP contribution in [0.3, 0.4) is 0 Å². The Bertz CT molecular complexity index is 370. The van der Waals surface area contributed by atoms with Gasteiger partial charge in [-0.25, -0.2) is 0 Å². The quantitative estimate of drug-likeness (QED) is 0.784. The standard InChI is InChI=1S/C11H16N4/c1-15-8-10(7-14-15)6-13-9-11(2-3-11)4-5-12/h7-8,13H,2-4,6,9H2,1H3. The highest BCUT2D eigenvalue weighted by Crippen LogP contribution is 2.47. The molecule has 0 bridgehead atoms. The van der Waals surface area contributed by atoms with Crippen LogP contribution in [0.15, 0.2) is 12.4 Å². The molecular weight excluding hydrogens is 188 g/mol. The average Bonchev–Trinajstić information content (AvgIpc) is 2.83. The normalized spacial score (nSPS) is 17.3. The Morgan fingerprint density at radius 2 is 2.47 bits per heavy atom. The van der Waals surface area contributed by atoms with E-state index in [2.05, 4.69) is 16.5 Å². The van der Waals surface area contributed by atoms with Gasteiger partial charge in [-0.2, -0.15) is 10.4 Å².